The predicted molar refractivity (Wildman–Crippen MR) is 101 cm³/mol. The van der Waals surface area contributed by atoms with E-state index < -0.39 is 0 Å². The van der Waals surface area contributed by atoms with Crippen molar-refractivity contribution < 1.29 is 9.32 Å². The van der Waals surface area contributed by atoms with Crippen LogP contribution in [0, 0.1) is 0 Å². The van der Waals surface area contributed by atoms with Gasteiger partial charge in [0.1, 0.15) is 0 Å². The van der Waals surface area contributed by atoms with Crippen LogP contribution < -0.4 is 5.32 Å². The van der Waals surface area contributed by atoms with E-state index in [4.69, 9.17) is 16.1 Å². The Balaban J connectivity index is 1.56. The van der Waals surface area contributed by atoms with Crippen LogP contribution in [-0.2, 0) is 11.3 Å². The van der Waals surface area contributed by atoms with Crippen molar-refractivity contribution in [3.63, 3.8) is 0 Å². The van der Waals surface area contributed by atoms with E-state index in [9.17, 15) is 4.79 Å². The third kappa shape index (κ3) is 4.84. The van der Waals surface area contributed by atoms with Gasteiger partial charge in [-0.05, 0) is 42.1 Å². The minimum Gasteiger partial charge on any atom is -0.346 e. The molecule has 2 aromatic heterocycles. The maximum atomic E-state index is 12.4. The van der Waals surface area contributed by atoms with Crippen LogP contribution in [0.4, 0.5) is 0 Å². The lowest BCUT2D eigenvalue weighted by atomic mass is 10.3. The first kappa shape index (κ1) is 18.0. The van der Waals surface area contributed by atoms with E-state index in [0.29, 0.717) is 23.2 Å². The van der Waals surface area contributed by atoms with Crippen LogP contribution in [0.25, 0.3) is 10.7 Å². The number of nitrogens with one attached hydrogen (secondary N) is 1. The third-order valence-corrected chi connectivity index (χ3v) is 5.87. The first-order valence-corrected chi connectivity index (χ1v) is 9.86. The van der Waals surface area contributed by atoms with Crippen molar-refractivity contribution in [2.45, 2.75) is 30.0 Å². The molecule has 0 bridgehead atoms. The number of thiophene rings is 1. The zero-order valence-corrected chi connectivity index (χ0v) is 15.8. The van der Waals surface area contributed by atoms with Crippen LogP contribution >= 0.6 is 34.7 Å². The molecule has 0 fully saturated rings. The average molecular weight is 394 g/mol. The molecule has 0 aliphatic carbocycles. The summed E-state index contributed by atoms with van der Waals surface area (Å²) >= 11 is 8.94. The molecule has 0 unspecified atom stereocenters. The summed E-state index contributed by atoms with van der Waals surface area (Å²) in [5, 5.41) is 9.23. The summed E-state index contributed by atoms with van der Waals surface area (Å²) < 4.78 is 5.19. The minimum atomic E-state index is -0.194. The Morgan fingerprint density at radius 2 is 2.16 bits per heavy atom. The Morgan fingerprint density at radius 1 is 1.36 bits per heavy atom. The van der Waals surface area contributed by atoms with E-state index in [2.05, 4.69) is 15.5 Å². The zero-order valence-electron chi connectivity index (χ0n) is 13.4. The van der Waals surface area contributed by atoms with Crippen molar-refractivity contribution in [1.29, 1.82) is 0 Å². The van der Waals surface area contributed by atoms with Crippen molar-refractivity contribution in [2.24, 2.45) is 0 Å². The topological polar surface area (TPSA) is 68.0 Å². The Bertz CT molecular complexity index is 819. The molecule has 25 heavy (non-hydrogen) atoms. The van der Waals surface area contributed by atoms with Crippen LogP contribution in [0.1, 0.15) is 19.2 Å². The molecule has 5 nitrogen and oxygen atoms in total. The van der Waals surface area contributed by atoms with Gasteiger partial charge < -0.3 is 9.84 Å². The molecule has 3 rings (SSSR count). The van der Waals surface area contributed by atoms with Gasteiger partial charge in [-0.2, -0.15) is 4.98 Å². The summed E-state index contributed by atoms with van der Waals surface area (Å²) in [6.07, 6.45) is 0.712. The molecule has 0 spiro atoms. The summed E-state index contributed by atoms with van der Waals surface area (Å²) in [5.41, 5.74) is 0. The normalized spacial score (nSPS) is 12.1. The van der Waals surface area contributed by atoms with Crippen molar-refractivity contribution in [1.82, 2.24) is 15.5 Å². The predicted octanol–water partition coefficient (Wildman–Crippen LogP) is 4.64. The van der Waals surface area contributed by atoms with Crippen LogP contribution in [0.3, 0.4) is 0 Å². The number of hydrogen-bond donors (Lipinski definition) is 1. The van der Waals surface area contributed by atoms with Gasteiger partial charge in [-0.25, -0.2) is 0 Å². The van der Waals surface area contributed by atoms with Crippen LogP contribution in [0.2, 0.25) is 5.02 Å². The second-order valence-electron chi connectivity index (χ2n) is 5.18. The van der Waals surface area contributed by atoms with Gasteiger partial charge in [0.2, 0.25) is 17.6 Å². The molecular formula is C17H16ClN3O2S2. The van der Waals surface area contributed by atoms with E-state index in [1.807, 2.05) is 48.7 Å². The Labute approximate surface area is 158 Å². The van der Waals surface area contributed by atoms with Crippen molar-refractivity contribution >= 4 is 40.6 Å². The Hall–Kier alpha value is -1.83. The molecule has 1 N–H and O–H groups in total. The molecule has 0 radical (unpaired) electrons. The number of rotatable bonds is 7. The maximum absolute atomic E-state index is 12.4. The highest BCUT2D eigenvalue weighted by molar-refractivity contribution is 8.00. The summed E-state index contributed by atoms with van der Waals surface area (Å²) in [4.78, 5) is 18.6. The molecular weight excluding hydrogens is 378 g/mol. The van der Waals surface area contributed by atoms with Crippen molar-refractivity contribution in [2.75, 3.05) is 0 Å². The van der Waals surface area contributed by atoms with Gasteiger partial charge in [0.25, 0.3) is 0 Å². The van der Waals surface area contributed by atoms with Crippen LogP contribution in [-0.4, -0.2) is 21.3 Å². The van der Waals surface area contributed by atoms with Gasteiger partial charge in [-0.3, -0.25) is 4.79 Å². The molecule has 1 aromatic carbocycles. The van der Waals surface area contributed by atoms with Crippen molar-refractivity contribution in [3.8, 4) is 10.7 Å². The number of thioether (sulfide) groups is 1. The summed E-state index contributed by atoms with van der Waals surface area (Å²) in [5.74, 6) is 0.878. The minimum absolute atomic E-state index is 0.0571. The third-order valence-electron chi connectivity index (χ3n) is 3.38. The molecule has 2 heterocycles. The molecule has 0 saturated heterocycles. The molecule has 0 saturated carbocycles. The molecule has 0 aliphatic heterocycles. The van der Waals surface area contributed by atoms with E-state index >= 15 is 0 Å². The van der Waals surface area contributed by atoms with Crippen LogP contribution in [0.15, 0.2) is 51.2 Å². The summed E-state index contributed by atoms with van der Waals surface area (Å²) in [6, 6.07) is 11.3. The summed E-state index contributed by atoms with van der Waals surface area (Å²) in [7, 11) is 0. The monoisotopic (exact) mass is 393 g/mol. The number of carbonyl (C=O) groups excluding carboxylic acids is 1. The van der Waals surface area contributed by atoms with E-state index in [-0.39, 0.29) is 17.7 Å². The molecule has 1 atom stereocenters. The first-order valence-electron chi connectivity index (χ1n) is 7.72. The largest absolute Gasteiger partial charge is 0.346 e. The average Bonchev–Trinajstić information content (AvgIpc) is 3.30. The van der Waals surface area contributed by atoms with Gasteiger partial charge in [-0.15, -0.1) is 23.1 Å². The second kappa shape index (κ2) is 8.51. The number of carbonyl (C=O) groups is 1. The molecule has 3 aromatic rings. The number of aromatic nitrogens is 2. The number of hydrogen-bond acceptors (Lipinski definition) is 6. The summed E-state index contributed by atoms with van der Waals surface area (Å²) in [6.45, 7) is 2.20. The van der Waals surface area contributed by atoms with Gasteiger partial charge in [-0.1, -0.05) is 29.7 Å². The van der Waals surface area contributed by atoms with Gasteiger partial charge in [0.15, 0.2) is 0 Å². The molecule has 8 heteroatoms. The molecule has 1 amide bonds. The highest BCUT2D eigenvalue weighted by Gasteiger charge is 2.19. The highest BCUT2D eigenvalue weighted by atomic mass is 35.5. The van der Waals surface area contributed by atoms with Gasteiger partial charge >= 0.3 is 0 Å². The fraction of sp³-hybridized carbons (Fsp3) is 0.235. The fourth-order valence-electron chi connectivity index (χ4n) is 2.11. The Morgan fingerprint density at radius 3 is 2.84 bits per heavy atom. The standard InChI is InChI=1S/C17H16ClN3O2S2/c1-2-13(25-12-7-5-11(18)6-8-12)17(22)19-10-15-20-16(21-23-15)14-4-3-9-24-14/h3-9,13H,2,10H2,1H3,(H,19,22)/t13-/m0/s1. The van der Waals surface area contributed by atoms with Gasteiger partial charge in [0, 0.05) is 9.92 Å². The lowest BCUT2D eigenvalue weighted by molar-refractivity contribution is -0.120. The van der Waals surface area contributed by atoms with Crippen molar-refractivity contribution in [3.05, 3.63) is 52.7 Å². The molecule has 130 valence electrons. The molecule has 0 aliphatic rings. The van der Waals surface area contributed by atoms with E-state index in [0.717, 1.165) is 9.77 Å². The first-order chi connectivity index (χ1) is 12.2. The quantitative estimate of drug-likeness (QED) is 0.592. The lowest BCUT2D eigenvalue weighted by Crippen LogP contribution is -2.31. The number of amides is 1. The number of benzene rings is 1. The lowest BCUT2D eigenvalue weighted by Gasteiger charge is -2.13. The second-order valence-corrected chi connectivity index (χ2v) is 7.84. The zero-order chi connectivity index (χ0) is 17.6. The number of nitrogens with zero attached hydrogens (tertiary/aromatic N) is 2. The highest BCUT2D eigenvalue weighted by Crippen LogP contribution is 2.27. The SMILES string of the molecule is CC[C@H](Sc1ccc(Cl)cc1)C(=O)NCc1nc(-c2cccs2)no1. The smallest absolute Gasteiger partial charge is 0.246 e. The van der Waals surface area contributed by atoms with E-state index in [1.54, 1.807) is 0 Å². The van der Waals surface area contributed by atoms with Gasteiger partial charge in [0.05, 0.1) is 16.7 Å². The number of halogens is 1. The fourth-order valence-corrected chi connectivity index (χ4v) is 3.86. The van der Waals surface area contributed by atoms with Crippen LogP contribution in [0.5, 0.6) is 0 Å². The maximum Gasteiger partial charge on any atom is 0.246 e. The van der Waals surface area contributed by atoms with E-state index in [1.165, 1.54) is 23.1 Å². The Kier molecular flexibility index (Phi) is 6.12.